The summed E-state index contributed by atoms with van der Waals surface area (Å²) in [6.07, 6.45) is 0.818. The number of nitro groups is 1. The molecule has 1 aromatic rings. The summed E-state index contributed by atoms with van der Waals surface area (Å²) in [7, 11) is -2.76. The highest BCUT2D eigenvalue weighted by Crippen LogP contribution is 2.32. The monoisotopic (exact) mass is 253 g/mol. The van der Waals surface area contributed by atoms with Crippen LogP contribution in [0.1, 0.15) is 17.0 Å². The number of anilines is 1. The Hall–Kier alpha value is -2.11. The summed E-state index contributed by atoms with van der Waals surface area (Å²) < 4.78 is 25.9. The zero-order valence-corrected chi connectivity index (χ0v) is 9.59. The molecule has 0 unspecified atom stereocenters. The van der Waals surface area contributed by atoms with Gasteiger partial charge in [-0.2, -0.15) is 0 Å². The molecular formula is C12H14N2O4. The third-order valence-corrected chi connectivity index (χ3v) is 2.94. The summed E-state index contributed by atoms with van der Waals surface area (Å²) in [5.74, 6) is -0.124. The average Bonchev–Trinajstić information content (AvgIpc) is 2.37. The zero-order valence-electron chi connectivity index (χ0n) is 12.6. The van der Waals surface area contributed by atoms with E-state index in [0.29, 0.717) is 31.6 Å². The quantitative estimate of drug-likeness (QED) is 0.606. The second-order valence-corrected chi connectivity index (χ2v) is 4.04. The lowest BCUT2D eigenvalue weighted by atomic mass is 10.1. The molecule has 0 radical (unpaired) electrons. The molecule has 0 bridgehead atoms. The Morgan fingerprint density at radius 1 is 1.44 bits per heavy atom. The second kappa shape index (κ2) is 5.03. The van der Waals surface area contributed by atoms with E-state index in [1.807, 2.05) is 4.90 Å². The molecule has 0 aliphatic carbocycles. The number of nitro benzene ring substituents is 1. The standard InChI is InChI=1S/C12H14N2O4/c1-18-12-8-9(2-3-11(12)14(16)17)13-6-4-10(15)5-7-13/h2-3,8H,4-7H2,1H3/i1D3. The first-order chi connectivity index (χ1) is 9.76. The number of hydrogen-bond donors (Lipinski definition) is 0. The number of Topliss-reactive ketones (excluding diaryl/α,β-unsaturated/α-hetero) is 1. The minimum Gasteiger partial charge on any atom is -0.490 e. The molecule has 1 heterocycles. The number of hydrogen-bond acceptors (Lipinski definition) is 5. The van der Waals surface area contributed by atoms with Crippen LogP contribution in [0.3, 0.4) is 0 Å². The van der Waals surface area contributed by atoms with Crippen LogP contribution in [0, 0.1) is 10.1 Å². The lowest BCUT2D eigenvalue weighted by Crippen LogP contribution is -2.33. The van der Waals surface area contributed by atoms with Crippen LogP contribution < -0.4 is 9.64 Å². The first-order valence-electron chi connectivity index (χ1n) is 7.00. The van der Waals surface area contributed by atoms with Gasteiger partial charge in [-0.15, -0.1) is 0 Å². The van der Waals surface area contributed by atoms with E-state index in [2.05, 4.69) is 0 Å². The predicted molar refractivity (Wildman–Crippen MR) is 66.1 cm³/mol. The maximum absolute atomic E-state index is 11.2. The molecule has 1 fully saturated rings. The van der Waals surface area contributed by atoms with Gasteiger partial charge in [0.2, 0.25) is 0 Å². The summed E-state index contributed by atoms with van der Waals surface area (Å²) in [4.78, 5) is 23.3. The molecule has 6 heteroatoms. The number of rotatable bonds is 3. The molecule has 1 aromatic carbocycles. The molecule has 0 N–H and O–H groups in total. The fraction of sp³-hybridized carbons (Fsp3) is 0.417. The Kier molecular flexibility index (Phi) is 2.49. The number of methoxy groups -OCH3 is 1. The molecule has 1 saturated heterocycles. The van der Waals surface area contributed by atoms with Gasteiger partial charge < -0.3 is 9.64 Å². The number of piperidine rings is 1. The fourth-order valence-electron chi connectivity index (χ4n) is 1.95. The molecule has 96 valence electrons. The van der Waals surface area contributed by atoms with Gasteiger partial charge in [0, 0.05) is 43.8 Å². The molecule has 0 atom stereocenters. The Morgan fingerprint density at radius 2 is 2.17 bits per heavy atom. The minimum absolute atomic E-state index is 0.173. The normalized spacial score (nSPS) is 18.8. The summed E-state index contributed by atoms with van der Waals surface area (Å²) in [6.45, 7) is 1.01. The lowest BCUT2D eigenvalue weighted by molar-refractivity contribution is -0.385. The average molecular weight is 253 g/mol. The number of benzene rings is 1. The zero-order chi connectivity index (χ0) is 15.6. The van der Waals surface area contributed by atoms with E-state index in [1.165, 1.54) is 18.2 Å². The number of ether oxygens (including phenoxy) is 1. The van der Waals surface area contributed by atoms with Crippen molar-refractivity contribution in [2.75, 3.05) is 25.0 Å². The molecule has 1 aliphatic heterocycles. The van der Waals surface area contributed by atoms with Gasteiger partial charge in [-0.1, -0.05) is 0 Å². The van der Waals surface area contributed by atoms with Gasteiger partial charge in [0.25, 0.3) is 0 Å². The van der Waals surface area contributed by atoms with Crippen molar-refractivity contribution in [3.8, 4) is 5.75 Å². The Morgan fingerprint density at radius 3 is 2.78 bits per heavy atom. The topological polar surface area (TPSA) is 72.7 Å². The van der Waals surface area contributed by atoms with E-state index < -0.39 is 17.6 Å². The van der Waals surface area contributed by atoms with Gasteiger partial charge in [0.05, 0.1) is 16.1 Å². The van der Waals surface area contributed by atoms with E-state index >= 15 is 0 Å². The minimum atomic E-state index is -2.76. The van der Waals surface area contributed by atoms with Crippen molar-refractivity contribution < 1.29 is 18.6 Å². The smallest absolute Gasteiger partial charge is 0.311 e. The third kappa shape index (κ3) is 2.42. The molecule has 2 rings (SSSR count). The Labute approximate surface area is 109 Å². The highest BCUT2D eigenvalue weighted by molar-refractivity contribution is 5.81. The number of carbonyl (C=O) groups is 1. The second-order valence-electron chi connectivity index (χ2n) is 4.04. The van der Waals surface area contributed by atoms with E-state index in [0.717, 1.165) is 0 Å². The molecule has 0 aromatic heterocycles. The van der Waals surface area contributed by atoms with E-state index in [9.17, 15) is 14.9 Å². The summed E-state index contributed by atoms with van der Waals surface area (Å²) in [5.41, 5.74) is 0.204. The fourth-order valence-corrected chi connectivity index (χ4v) is 1.95. The van der Waals surface area contributed by atoms with Crippen LogP contribution in [0.4, 0.5) is 11.4 Å². The molecule has 18 heavy (non-hydrogen) atoms. The predicted octanol–water partition coefficient (Wildman–Crippen LogP) is 1.77. The maximum Gasteiger partial charge on any atom is 0.311 e. The van der Waals surface area contributed by atoms with Crippen LogP contribution >= 0.6 is 0 Å². The number of carbonyl (C=O) groups excluding carboxylic acids is 1. The van der Waals surface area contributed by atoms with Crippen molar-refractivity contribution in [1.29, 1.82) is 0 Å². The van der Waals surface area contributed by atoms with Crippen LogP contribution in [-0.4, -0.2) is 30.8 Å². The SMILES string of the molecule is [2H]C([2H])([2H])Oc1cc(N2CCC(=O)CC2)ccc1[N+](=O)[O-]. The van der Waals surface area contributed by atoms with Crippen molar-refractivity contribution in [3.63, 3.8) is 0 Å². The molecule has 6 nitrogen and oxygen atoms in total. The molecule has 0 spiro atoms. The first kappa shape index (κ1) is 8.91. The number of nitrogens with zero attached hydrogens (tertiary/aromatic N) is 2. The molecular weight excluding hydrogens is 236 g/mol. The van der Waals surface area contributed by atoms with Crippen LogP contribution in [0.15, 0.2) is 18.2 Å². The summed E-state index contributed by atoms with van der Waals surface area (Å²) in [5, 5.41) is 10.9. The van der Waals surface area contributed by atoms with Crippen LogP contribution in [0.2, 0.25) is 0 Å². The van der Waals surface area contributed by atoms with Crippen molar-refractivity contribution >= 4 is 17.2 Å². The van der Waals surface area contributed by atoms with Gasteiger partial charge in [-0.25, -0.2) is 0 Å². The molecule has 1 aliphatic rings. The van der Waals surface area contributed by atoms with Crippen molar-refractivity contribution in [1.82, 2.24) is 0 Å². The van der Waals surface area contributed by atoms with Crippen LogP contribution in [0.25, 0.3) is 0 Å². The van der Waals surface area contributed by atoms with Crippen molar-refractivity contribution in [2.45, 2.75) is 12.8 Å². The lowest BCUT2D eigenvalue weighted by Gasteiger charge is -2.28. The van der Waals surface area contributed by atoms with Gasteiger partial charge in [0.1, 0.15) is 5.78 Å². The van der Waals surface area contributed by atoms with Crippen LogP contribution in [0.5, 0.6) is 5.75 Å². The van der Waals surface area contributed by atoms with Gasteiger partial charge in [-0.05, 0) is 6.07 Å². The first-order valence-corrected chi connectivity index (χ1v) is 5.50. The largest absolute Gasteiger partial charge is 0.490 e. The number of ketones is 1. The highest BCUT2D eigenvalue weighted by atomic mass is 16.6. The Bertz CT molecular complexity index is 564. The molecule has 0 saturated carbocycles. The Balaban J connectivity index is 2.30. The van der Waals surface area contributed by atoms with Crippen molar-refractivity contribution in [2.24, 2.45) is 0 Å². The van der Waals surface area contributed by atoms with Crippen LogP contribution in [-0.2, 0) is 4.79 Å². The van der Waals surface area contributed by atoms with Gasteiger partial charge in [-0.3, -0.25) is 14.9 Å². The van der Waals surface area contributed by atoms with Crippen molar-refractivity contribution in [3.05, 3.63) is 28.3 Å². The summed E-state index contributed by atoms with van der Waals surface area (Å²) in [6, 6.07) is 4.08. The van der Waals surface area contributed by atoms with Gasteiger partial charge >= 0.3 is 5.69 Å². The van der Waals surface area contributed by atoms with Gasteiger partial charge in [0.15, 0.2) is 5.75 Å². The summed E-state index contributed by atoms with van der Waals surface area (Å²) >= 11 is 0. The van der Waals surface area contributed by atoms with E-state index in [1.54, 1.807) is 0 Å². The highest BCUT2D eigenvalue weighted by Gasteiger charge is 2.20. The van der Waals surface area contributed by atoms with E-state index in [4.69, 9.17) is 8.85 Å². The van der Waals surface area contributed by atoms with E-state index in [-0.39, 0.29) is 11.5 Å². The maximum atomic E-state index is 11.2. The molecule has 0 amide bonds. The third-order valence-electron chi connectivity index (χ3n) is 2.94.